The number of rotatable bonds is 6. The van der Waals surface area contributed by atoms with Crippen molar-refractivity contribution in [1.29, 1.82) is 0 Å². The number of ether oxygens (including phenoxy) is 1. The standard InChI is InChI=1S/C19H22ClNO3S/c1-24-17-8-4-15(5-9-17)19-3-2-12-21(19)13-14-25(22,23)18-10-6-16(20)7-11-18/h4-11,19H,2-3,12-14H2,1H3/t19-/m0/s1. The molecule has 4 nitrogen and oxygen atoms in total. The van der Waals surface area contributed by atoms with Crippen LogP contribution in [-0.2, 0) is 9.84 Å². The van der Waals surface area contributed by atoms with Crippen LogP contribution in [0.3, 0.4) is 0 Å². The summed E-state index contributed by atoms with van der Waals surface area (Å²) in [7, 11) is -1.65. The van der Waals surface area contributed by atoms with E-state index in [-0.39, 0.29) is 11.8 Å². The van der Waals surface area contributed by atoms with E-state index in [0.29, 0.717) is 16.5 Å². The summed E-state index contributed by atoms with van der Waals surface area (Å²) in [5.74, 6) is 0.944. The summed E-state index contributed by atoms with van der Waals surface area (Å²) < 4.78 is 30.3. The molecule has 1 fully saturated rings. The predicted molar refractivity (Wildman–Crippen MR) is 100 cm³/mol. The Kier molecular flexibility index (Phi) is 5.67. The minimum atomic E-state index is -3.30. The van der Waals surface area contributed by atoms with E-state index in [1.807, 2.05) is 12.1 Å². The summed E-state index contributed by atoms with van der Waals surface area (Å²) in [6.45, 7) is 1.45. The molecule has 0 aromatic heterocycles. The number of sulfone groups is 1. The van der Waals surface area contributed by atoms with Gasteiger partial charge < -0.3 is 4.74 Å². The van der Waals surface area contributed by atoms with E-state index < -0.39 is 9.84 Å². The molecule has 3 rings (SSSR count). The molecule has 0 radical (unpaired) electrons. The number of likely N-dealkylation sites (tertiary alicyclic amines) is 1. The molecule has 25 heavy (non-hydrogen) atoms. The van der Waals surface area contributed by atoms with Gasteiger partial charge in [0.1, 0.15) is 5.75 Å². The minimum absolute atomic E-state index is 0.112. The van der Waals surface area contributed by atoms with Crippen molar-refractivity contribution >= 4 is 21.4 Å². The van der Waals surface area contributed by atoms with Crippen LogP contribution in [0.5, 0.6) is 5.75 Å². The molecule has 1 aliphatic rings. The van der Waals surface area contributed by atoms with Crippen molar-refractivity contribution < 1.29 is 13.2 Å². The number of hydrogen-bond acceptors (Lipinski definition) is 4. The van der Waals surface area contributed by atoms with Crippen molar-refractivity contribution in [3.63, 3.8) is 0 Å². The van der Waals surface area contributed by atoms with Crippen LogP contribution in [0, 0.1) is 0 Å². The molecule has 1 saturated heterocycles. The Morgan fingerprint density at radius 3 is 2.44 bits per heavy atom. The SMILES string of the molecule is COc1ccc([C@@H]2CCCN2CCS(=O)(=O)c2ccc(Cl)cc2)cc1. The maximum absolute atomic E-state index is 12.5. The van der Waals surface area contributed by atoms with Crippen LogP contribution in [0.2, 0.25) is 5.02 Å². The highest BCUT2D eigenvalue weighted by Gasteiger charge is 2.27. The van der Waals surface area contributed by atoms with Gasteiger partial charge in [-0.05, 0) is 61.3 Å². The number of nitrogens with zero attached hydrogens (tertiary/aromatic N) is 1. The van der Waals surface area contributed by atoms with E-state index in [9.17, 15) is 8.42 Å². The molecule has 1 aliphatic heterocycles. The van der Waals surface area contributed by atoms with Crippen LogP contribution in [-0.4, -0.2) is 39.3 Å². The first-order chi connectivity index (χ1) is 12.0. The van der Waals surface area contributed by atoms with Crippen molar-refractivity contribution in [1.82, 2.24) is 4.90 Å². The second-order valence-corrected chi connectivity index (χ2v) is 8.79. The molecule has 2 aromatic carbocycles. The third kappa shape index (κ3) is 4.35. The van der Waals surface area contributed by atoms with Crippen LogP contribution in [0.4, 0.5) is 0 Å². The Morgan fingerprint density at radius 2 is 1.80 bits per heavy atom. The number of methoxy groups -OCH3 is 1. The van der Waals surface area contributed by atoms with Crippen LogP contribution in [0.15, 0.2) is 53.4 Å². The molecule has 2 aromatic rings. The summed E-state index contributed by atoms with van der Waals surface area (Å²) in [5.41, 5.74) is 1.21. The zero-order valence-electron chi connectivity index (χ0n) is 14.2. The molecule has 1 atom stereocenters. The van der Waals surface area contributed by atoms with Gasteiger partial charge in [0.15, 0.2) is 9.84 Å². The first kappa shape index (κ1) is 18.2. The molecule has 0 unspecified atom stereocenters. The predicted octanol–water partition coefficient (Wildman–Crippen LogP) is 3.96. The van der Waals surface area contributed by atoms with Gasteiger partial charge in [-0.2, -0.15) is 0 Å². The summed E-state index contributed by atoms with van der Waals surface area (Å²) >= 11 is 5.84. The van der Waals surface area contributed by atoms with Crippen molar-refractivity contribution in [3.8, 4) is 5.75 Å². The van der Waals surface area contributed by atoms with Crippen LogP contribution < -0.4 is 4.74 Å². The molecular formula is C19H22ClNO3S. The van der Waals surface area contributed by atoms with Gasteiger partial charge in [0, 0.05) is 17.6 Å². The van der Waals surface area contributed by atoms with Gasteiger partial charge >= 0.3 is 0 Å². The lowest BCUT2D eigenvalue weighted by Gasteiger charge is -2.24. The molecular weight excluding hydrogens is 358 g/mol. The monoisotopic (exact) mass is 379 g/mol. The fraction of sp³-hybridized carbons (Fsp3) is 0.368. The van der Waals surface area contributed by atoms with Gasteiger partial charge in [0.05, 0.1) is 17.8 Å². The van der Waals surface area contributed by atoms with E-state index in [0.717, 1.165) is 25.1 Å². The lowest BCUT2D eigenvalue weighted by molar-refractivity contribution is 0.272. The lowest BCUT2D eigenvalue weighted by Crippen LogP contribution is -2.29. The van der Waals surface area contributed by atoms with Crippen molar-refractivity contribution in [2.45, 2.75) is 23.8 Å². The minimum Gasteiger partial charge on any atom is -0.497 e. The van der Waals surface area contributed by atoms with Gasteiger partial charge in [0.25, 0.3) is 0 Å². The average Bonchev–Trinajstić information content (AvgIpc) is 3.09. The lowest BCUT2D eigenvalue weighted by atomic mass is 10.0. The normalized spacial score (nSPS) is 18.4. The Labute approximate surface area is 154 Å². The average molecular weight is 380 g/mol. The Morgan fingerprint density at radius 1 is 1.12 bits per heavy atom. The molecule has 0 bridgehead atoms. The highest BCUT2D eigenvalue weighted by molar-refractivity contribution is 7.91. The van der Waals surface area contributed by atoms with Crippen LogP contribution in [0.1, 0.15) is 24.4 Å². The van der Waals surface area contributed by atoms with Crippen LogP contribution >= 0.6 is 11.6 Å². The van der Waals surface area contributed by atoms with Gasteiger partial charge in [-0.15, -0.1) is 0 Å². The van der Waals surface area contributed by atoms with Gasteiger partial charge in [0.2, 0.25) is 0 Å². The van der Waals surface area contributed by atoms with Crippen molar-refractivity contribution in [2.75, 3.05) is 26.0 Å². The number of hydrogen-bond donors (Lipinski definition) is 0. The topological polar surface area (TPSA) is 46.6 Å². The molecule has 0 amide bonds. The van der Waals surface area contributed by atoms with E-state index in [2.05, 4.69) is 17.0 Å². The van der Waals surface area contributed by atoms with Gasteiger partial charge in [-0.1, -0.05) is 23.7 Å². The molecule has 1 heterocycles. The summed E-state index contributed by atoms with van der Waals surface area (Å²) in [6, 6.07) is 14.7. The smallest absolute Gasteiger partial charge is 0.179 e. The van der Waals surface area contributed by atoms with Crippen molar-refractivity contribution in [2.24, 2.45) is 0 Å². The highest BCUT2D eigenvalue weighted by atomic mass is 35.5. The van der Waals surface area contributed by atoms with E-state index in [1.54, 1.807) is 31.4 Å². The van der Waals surface area contributed by atoms with E-state index in [1.165, 1.54) is 5.56 Å². The van der Waals surface area contributed by atoms with E-state index in [4.69, 9.17) is 16.3 Å². The fourth-order valence-electron chi connectivity index (χ4n) is 3.29. The molecule has 0 spiro atoms. The molecule has 6 heteroatoms. The quantitative estimate of drug-likeness (QED) is 0.762. The second kappa shape index (κ2) is 7.77. The third-order valence-electron chi connectivity index (χ3n) is 4.68. The van der Waals surface area contributed by atoms with Crippen molar-refractivity contribution in [3.05, 3.63) is 59.1 Å². The summed E-state index contributed by atoms with van der Waals surface area (Å²) in [4.78, 5) is 2.59. The zero-order chi connectivity index (χ0) is 17.9. The Bertz CT molecular complexity index is 804. The number of halogens is 1. The maximum Gasteiger partial charge on any atom is 0.179 e. The maximum atomic E-state index is 12.5. The molecule has 0 N–H and O–H groups in total. The highest BCUT2D eigenvalue weighted by Crippen LogP contribution is 2.32. The zero-order valence-corrected chi connectivity index (χ0v) is 15.8. The van der Waals surface area contributed by atoms with Gasteiger partial charge in [-0.3, -0.25) is 4.90 Å². The molecule has 0 saturated carbocycles. The summed E-state index contributed by atoms with van der Waals surface area (Å²) in [6.07, 6.45) is 2.13. The summed E-state index contributed by atoms with van der Waals surface area (Å²) in [5, 5.41) is 0.540. The third-order valence-corrected chi connectivity index (χ3v) is 6.65. The fourth-order valence-corrected chi connectivity index (χ4v) is 4.68. The van der Waals surface area contributed by atoms with Gasteiger partial charge in [-0.25, -0.2) is 8.42 Å². The molecule has 0 aliphatic carbocycles. The molecule has 134 valence electrons. The first-order valence-corrected chi connectivity index (χ1v) is 10.4. The Hall–Kier alpha value is -1.56. The van der Waals surface area contributed by atoms with Crippen LogP contribution in [0.25, 0.3) is 0 Å². The van der Waals surface area contributed by atoms with E-state index >= 15 is 0 Å². The second-order valence-electron chi connectivity index (χ2n) is 6.24. The largest absolute Gasteiger partial charge is 0.497 e. The Balaban J connectivity index is 1.67. The number of benzene rings is 2. The first-order valence-electron chi connectivity index (χ1n) is 8.36.